The molecule has 1 heterocycles. The number of unbranched alkanes of at least 4 members (excludes halogenated alkanes) is 8. The van der Waals surface area contributed by atoms with Crippen molar-refractivity contribution in [3.63, 3.8) is 0 Å². The van der Waals surface area contributed by atoms with Gasteiger partial charge in [-0.1, -0.05) is 113 Å². The zero-order valence-corrected chi connectivity index (χ0v) is 25.2. The molecule has 0 aliphatic carbocycles. The molecule has 3 aromatic rings. The number of aromatic amines is 1. The molecule has 5 nitrogen and oxygen atoms in total. The number of carbonyl (C=O) groups is 2. The third-order valence-corrected chi connectivity index (χ3v) is 7.84. The molecule has 0 saturated heterocycles. The number of nitrogens with zero attached hydrogens (tertiary/aromatic N) is 2. The van der Waals surface area contributed by atoms with Crippen molar-refractivity contribution < 1.29 is 9.59 Å². The van der Waals surface area contributed by atoms with Crippen LogP contribution in [0.2, 0.25) is 0 Å². The van der Waals surface area contributed by atoms with E-state index in [1.807, 2.05) is 11.0 Å². The lowest BCUT2D eigenvalue weighted by atomic mass is 10.1. The molecule has 2 aromatic carbocycles. The van der Waals surface area contributed by atoms with Gasteiger partial charge in [0.25, 0.3) is 0 Å². The zero-order valence-electron chi connectivity index (χ0n) is 25.2. The number of aromatic nitrogens is 1. The second-order valence-corrected chi connectivity index (χ2v) is 11.3. The Hall–Kier alpha value is -3.08. The molecule has 1 aromatic heterocycles. The molecular formula is C35H51N3O2. The third kappa shape index (κ3) is 10.5. The van der Waals surface area contributed by atoms with Crippen LogP contribution in [-0.4, -0.2) is 46.2 Å². The van der Waals surface area contributed by atoms with Gasteiger partial charge in [0.15, 0.2) is 0 Å². The van der Waals surface area contributed by atoms with E-state index in [0.29, 0.717) is 26.1 Å². The summed E-state index contributed by atoms with van der Waals surface area (Å²) in [6, 6.07) is 16.7. The minimum absolute atomic E-state index is 0.0225. The van der Waals surface area contributed by atoms with Crippen molar-refractivity contribution in [1.29, 1.82) is 0 Å². The maximum atomic E-state index is 13.7. The number of amides is 2. The first-order valence-electron chi connectivity index (χ1n) is 15.7. The topological polar surface area (TPSA) is 56.4 Å². The summed E-state index contributed by atoms with van der Waals surface area (Å²) in [4.78, 5) is 33.9. The van der Waals surface area contributed by atoms with Gasteiger partial charge in [-0.2, -0.15) is 0 Å². The predicted molar refractivity (Wildman–Crippen MR) is 167 cm³/mol. The highest BCUT2D eigenvalue weighted by molar-refractivity contribution is 5.85. The lowest BCUT2D eigenvalue weighted by Crippen LogP contribution is -2.43. The first-order valence-corrected chi connectivity index (χ1v) is 15.7. The van der Waals surface area contributed by atoms with Crippen molar-refractivity contribution in [2.24, 2.45) is 0 Å². The fourth-order valence-corrected chi connectivity index (χ4v) is 5.37. The number of carbonyl (C=O) groups excluding carboxylic acids is 2. The summed E-state index contributed by atoms with van der Waals surface area (Å²) in [5.74, 6) is 0.138. The lowest BCUT2D eigenvalue weighted by Gasteiger charge is -2.28. The van der Waals surface area contributed by atoms with Crippen LogP contribution < -0.4 is 0 Å². The van der Waals surface area contributed by atoms with Crippen LogP contribution in [0.15, 0.2) is 54.7 Å². The summed E-state index contributed by atoms with van der Waals surface area (Å²) in [5, 5.41) is 1.20. The largest absolute Gasteiger partial charge is 0.361 e. The van der Waals surface area contributed by atoms with E-state index in [9.17, 15) is 9.59 Å². The van der Waals surface area contributed by atoms with Crippen LogP contribution in [0.5, 0.6) is 0 Å². The smallest absolute Gasteiger partial charge is 0.242 e. The van der Waals surface area contributed by atoms with Gasteiger partial charge in [-0.15, -0.1) is 0 Å². The number of hydrogen-bond donors (Lipinski definition) is 1. The molecule has 0 aliphatic rings. The van der Waals surface area contributed by atoms with Gasteiger partial charge in [-0.3, -0.25) is 9.59 Å². The van der Waals surface area contributed by atoms with E-state index in [0.717, 1.165) is 36.8 Å². The SMILES string of the molecule is CCCCCCCCCCCC(=O)N(CCC)CC(=O)N(CCc1c[nH]c2ccccc12)Cc1ccc(C)cc1. The minimum Gasteiger partial charge on any atom is -0.361 e. The Morgan fingerprint density at radius 3 is 2.10 bits per heavy atom. The van der Waals surface area contributed by atoms with E-state index in [4.69, 9.17) is 0 Å². The summed E-state index contributed by atoms with van der Waals surface area (Å²) >= 11 is 0. The second kappa shape index (κ2) is 17.6. The van der Waals surface area contributed by atoms with Gasteiger partial charge in [-0.25, -0.2) is 0 Å². The maximum absolute atomic E-state index is 13.7. The molecular weight excluding hydrogens is 494 g/mol. The van der Waals surface area contributed by atoms with Crippen LogP contribution in [0.1, 0.15) is 101 Å². The number of aryl methyl sites for hydroxylation is 1. The van der Waals surface area contributed by atoms with E-state index in [-0.39, 0.29) is 18.4 Å². The lowest BCUT2D eigenvalue weighted by molar-refractivity contribution is -0.141. The van der Waals surface area contributed by atoms with Gasteiger partial charge < -0.3 is 14.8 Å². The highest BCUT2D eigenvalue weighted by Gasteiger charge is 2.21. The van der Waals surface area contributed by atoms with Crippen LogP contribution in [-0.2, 0) is 22.6 Å². The third-order valence-electron chi connectivity index (χ3n) is 7.84. The normalized spacial score (nSPS) is 11.2. The van der Waals surface area contributed by atoms with Crippen molar-refractivity contribution in [1.82, 2.24) is 14.8 Å². The van der Waals surface area contributed by atoms with E-state index >= 15 is 0 Å². The predicted octanol–water partition coefficient (Wildman–Crippen LogP) is 8.21. The summed E-state index contributed by atoms with van der Waals surface area (Å²) in [5.41, 5.74) is 4.65. The Morgan fingerprint density at radius 2 is 1.40 bits per heavy atom. The quantitative estimate of drug-likeness (QED) is 0.154. The Labute approximate surface area is 242 Å². The Morgan fingerprint density at radius 1 is 0.725 bits per heavy atom. The molecule has 0 atom stereocenters. The minimum atomic E-state index is 0.0225. The Kier molecular flexibility index (Phi) is 13.8. The van der Waals surface area contributed by atoms with Gasteiger partial charge in [0.1, 0.15) is 0 Å². The van der Waals surface area contributed by atoms with Crippen LogP contribution in [0.25, 0.3) is 10.9 Å². The molecule has 0 aliphatic heterocycles. The average Bonchev–Trinajstić information content (AvgIpc) is 3.38. The zero-order chi connectivity index (χ0) is 28.6. The van der Waals surface area contributed by atoms with Gasteiger partial charge in [-0.05, 0) is 43.4 Å². The average molecular weight is 546 g/mol. The highest BCUT2D eigenvalue weighted by atomic mass is 16.2. The van der Waals surface area contributed by atoms with Crippen molar-refractivity contribution in [2.75, 3.05) is 19.6 Å². The Balaban J connectivity index is 1.56. The van der Waals surface area contributed by atoms with Gasteiger partial charge in [0.2, 0.25) is 11.8 Å². The maximum Gasteiger partial charge on any atom is 0.242 e. The summed E-state index contributed by atoms with van der Waals surface area (Å²) in [7, 11) is 0. The van der Waals surface area contributed by atoms with Crippen LogP contribution >= 0.6 is 0 Å². The molecule has 5 heteroatoms. The second-order valence-electron chi connectivity index (χ2n) is 11.3. The molecule has 40 heavy (non-hydrogen) atoms. The van der Waals surface area contributed by atoms with E-state index in [1.165, 1.54) is 61.5 Å². The number of H-pyrrole nitrogens is 1. The molecule has 0 bridgehead atoms. The van der Waals surface area contributed by atoms with Gasteiger partial charge >= 0.3 is 0 Å². The highest BCUT2D eigenvalue weighted by Crippen LogP contribution is 2.19. The van der Waals surface area contributed by atoms with Crippen LogP contribution in [0.4, 0.5) is 0 Å². The van der Waals surface area contributed by atoms with E-state index in [2.05, 4.69) is 74.4 Å². The molecule has 0 unspecified atom stereocenters. The first-order chi connectivity index (χ1) is 19.5. The molecule has 1 N–H and O–H groups in total. The van der Waals surface area contributed by atoms with Crippen LogP contribution in [0, 0.1) is 6.92 Å². The summed E-state index contributed by atoms with van der Waals surface area (Å²) in [6.45, 7) is 8.34. The summed E-state index contributed by atoms with van der Waals surface area (Å²) < 4.78 is 0. The van der Waals surface area contributed by atoms with Crippen molar-refractivity contribution in [3.05, 3.63) is 71.4 Å². The first kappa shape index (κ1) is 31.4. The molecule has 2 amide bonds. The molecule has 218 valence electrons. The Bertz CT molecular complexity index is 1150. The number of benzene rings is 2. The monoisotopic (exact) mass is 545 g/mol. The molecule has 0 fully saturated rings. The standard InChI is InChI=1S/C35H51N3O2/c1-4-6-7-8-9-10-11-12-13-18-34(39)37(24-5-2)28-35(40)38(27-30-21-19-29(3)20-22-30)25-23-31-26-36-33-17-15-14-16-32(31)33/h14-17,19-22,26,36H,4-13,18,23-25,27-28H2,1-3H3. The molecule has 3 rings (SSSR count). The van der Waals surface area contributed by atoms with Crippen molar-refractivity contribution >= 4 is 22.7 Å². The molecule has 0 radical (unpaired) electrons. The number of fused-ring (bicyclic) bond motifs is 1. The number of hydrogen-bond acceptors (Lipinski definition) is 2. The number of rotatable bonds is 19. The van der Waals surface area contributed by atoms with Crippen molar-refractivity contribution in [3.8, 4) is 0 Å². The van der Waals surface area contributed by atoms with Gasteiger partial charge in [0.05, 0.1) is 6.54 Å². The molecule has 0 saturated carbocycles. The van der Waals surface area contributed by atoms with E-state index in [1.54, 1.807) is 4.90 Å². The van der Waals surface area contributed by atoms with Gasteiger partial charge in [0, 0.05) is 43.2 Å². The van der Waals surface area contributed by atoms with E-state index < -0.39 is 0 Å². The molecule has 0 spiro atoms. The number of nitrogens with one attached hydrogen (secondary N) is 1. The summed E-state index contributed by atoms with van der Waals surface area (Å²) in [6.07, 6.45) is 15.3. The fourth-order valence-electron chi connectivity index (χ4n) is 5.37. The van der Waals surface area contributed by atoms with Crippen molar-refractivity contribution in [2.45, 2.75) is 104 Å². The number of para-hydroxylation sites is 1. The fraction of sp³-hybridized carbons (Fsp3) is 0.543. The van der Waals surface area contributed by atoms with Crippen LogP contribution in [0.3, 0.4) is 0 Å².